The van der Waals surface area contributed by atoms with E-state index in [0.717, 1.165) is 0 Å². The molecule has 0 bridgehead atoms. The number of hydrogen-bond acceptors (Lipinski definition) is 4. The number of hydrogen-bond donors (Lipinski definition) is 1. The van der Waals surface area contributed by atoms with E-state index in [0.29, 0.717) is 5.88 Å². The molecule has 0 saturated carbocycles. The van der Waals surface area contributed by atoms with Crippen molar-refractivity contribution in [3.05, 3.63) is 24.4 Å². The molecule has 1 aromatic rings. The van der Waals surface area contributed by atoms with Crippen LogP contribution in [0, 0.1) is 0 Å². The van der Waals surface area contributed by atoms with Gasteiger partial charge in [0, 0.05) is 19.2 Å². The summed E-state index contributed by atoms with van der Waals surface area (Å²) in [6, 6.07) is 5.14. The standard InChI is InChI=1S/C7H7NO2.C2H7N/c1-6(9)10-7-4-2-3-5-8-7;1-3-2/h2-5H,1H3;3H,1-2H3. The Morgan fingerprint density at radius 2 is 2.08 bits per heavy atom. The van der Waals surface area contributed by atoms with Crippen molar-refractivity contribution >= 4 is 5.97 Å². The minimum atomic E-state index is -0.348. The molecule has 1 N–H and O–H groups in total. The second kappa shape index (κ2) is 7.24. The molecule has 72 valence electrons. The molecule has 0 atom stereocenters. The molecular weight excluding hydrogens is 168 g/mol. The highest BCUT2D eigenvalue weighted by atomic mass is 16.5. The van der Waals surface area contributed by atoms with E-state index in [9.17, 15) is 4.79 Å². The van der Waals surface area contributed by atoms with E-state index in [1.165, 1.54) is 6.92 Å². The van der Waals surface area contributed by atoms with Crippen LogP contribution in [0.4, 0.5) is 0 Å². The van der Waals surface area contributed by atoms with Gasteiger partial charge < -0.3 is 10.1 Å². The Bertz CT molecular complexity index is 237. The van der Waals surface area contributed by atoms with Gasteiger partial charge in [0.25, 0.3) is 0 Å². The normalized spacial score (nSPS) is 8.23. The highest BCUT2D eigenvalue weighted by Crippen LogP contribution is 2.02. The second-order valence-corrected chi connectivity index (χ2v) is 2.26. The fourth-order valence-electron chi connectivity index (χ4n) is 0.555. The zero-order valence-corrected chi connectivity index (χ0v) is 8.07. The molecule has 0 amide bonds. The van der Waals surface area contributed by atoms with Crippen molar-refractivity contribution in [2.75, 3.05) is 14.1 Å². The van der Waals surface area contributed by atoms with Gasteiger partial charge in [-0.05, 0) is 20.2 Å². The van der Waals surface area contributed by atoms with E-state index in [2.05, 4.69) is 15.0 Å². The molecule has 4 nitrogen and oxygen atoms in total. The summed E-state index contributed by atoms with van der Waals surface area (Å²) in [6.45, 7) is 1.34. The van der Waals surface area contributed by atoms with Crippen molar-refractivity contribution in [1.29, 1.82) is 0 Å². The molecule has 0 aliphatic heterocycles. The SMILES string of the molecule is CC(=O)Oc1ccccn1.CNC. The summed E-state index contributed by atoms with van der Waals surface area (Å²) in [5.41, 5.74) is 0. The molecule has 1 aromatic heterocycles. The highest BCUT2D eigenvalue weighted by molar-refractivity contribution is 5.68. The van der Waals surface area contributed by atoms with Gasteiger partial charge in [-0.25, -0.2) is 4.98 Å². The fraction of sp³-hybridized carbons (Fsp3) is 0.333. The Balaban J connectivity index is 0.000000424. The maximum absolute atomic E-state index is 10.4. The van der Waals surface area contributed by atoms with Crippen molar-refractivity contribution in [1.82, 2.24) is 10.3 Å². The third kappa shape index (κ3) is 6.96. The molecule has 0 radical (unpaired) electrons. The number of pyridine rings is 1. The second-order valence-electron chi connectivity index (χ2n) is 2.26. The van der Waals surface area contributed by atoms with E-state index in [4.69, 9.17) is 0 Å². The fourth-order valence-corrected chi connectivity index (χ4v) is 0.555. The van der Waals surface area contributed by atoms with Crippen molar-refractivity contribution in [2.24, 2.45) is 0 Å². The number of aromatic nitrogens is 1. The first-order valence-corrected chi connectivity index (χ1v) is 3.88. The summed E-state index contributed by atoms with van der Waals surface area (Å²) in [5.74, 6) is -0.00583. The van der Waals surface area contributed by atoms with Gasteiger partial charge in [-0.1, -0.05) is 6.07 Å². The predicted octanol–water partition coefficient (Wildman–Crippen LogP) is 0.843. The van der Waals surface area contributed by atoms with Gasteiger partial charge in [-0.2, -0.15) is 0 Å². The molecule has 1 heterocycles. The number of carbonyl (C=O) groups excluding carboxylic acids is 1. The lowest BCUT2D eigenvalue weighted by Crippen LogP contribution is -2.02. The van der Waals surface area contributed by atoms with Crippen molar-refractivity contribution in [2.45, 2.75) is 6.92 Å². The molecule has 0 unspecified atom stereocenters. The smallest absolute Gasteiger partial charge is 0.309 e. The summed E-state index contributed by atoms with van der Waals surface area (Å²) < 4.78 is 4.66. The summed E-state index contributed by atoms with van der Waals surface area (Å²) in [6.07, 6.45) is 1.57. The maximum Gasteiger partial charge on any atom is 0.309 e. The molecule has 0 aliphatic carbocycles. The molecule has 4 heteroatoms. The lowest BCUT2D eigenvalue weighted by atomic mass is 10.5. The Morgan fingerprint density at radius 1 is 1.46 bits per heavy atom. The Hall–Kier alpha value is -1.42. The van der Waals surface area contributed by atoms with Gasteiger partial charge in [0.05, 0.1) is 0 Å². The summed E-state index contributed by atoms with van der Waals surface area (Å²) in [5, 5.41) is 2.75. The largest absolute Gasteiger partial charge is 0.408 e. The molecule has 0 fully saturated rings. The molecule has 0 saturated heterocycles. The predicted molar refractivity (Wildman–Crippen MR) is 50.5 cm³/mol. The van der Waals surface area contributed by atoms with Gasteiger partial charge >= 0.3 is 5.97 Å². The van der Waals surface area contributed by atoms with Crippen LogP contribution in [0.15, 0.2) is 24.4 Å². The van der Waals surface area contributed by atoms with Crippen LogP contribution in [0.3, 0.4) is 0 Å². The average Bonchev–Trinajstić information content (AvgIpc) is 2.06. The first-order valence-electron chi connectivity index (χ1n) is 3.88. The van der Waals surface area contributed by atoms with Crippen LogP contribution in [-0.4, -0.2) is 25.0 Å². The third-order valence-electron chi connectivity index (χ3n) is 0.886. The molecule has 0 aliphatic rings. The quantitative estimate of drug-likeness (QED) is 0.654. The van der Waals surface area contributed by atoms with Crippen molar-refractivity contribution < 1.29 is 9.53 Å². The van der Waals surface area contributed by atoms with E-state index in [1.807, 2.05) is 14.1 Å². The van der Waals surface area contributed by atoms with E-state index in [1.54, 1.807) is 24.4 Å². The monoisotopic (exact) mass is 182 g/mol. The number of esters is 1. The Morgan fingerprint density at radius 3 is 2.46 bits per heavy atom. The lowest BCUT2D eigenvalue weighted by Gasteiger charge is -1.95. The summed E-state index contributed by atoms with van der Waals surface area (Å²) in [4.78, 5) is 14.1. The van der Waals surface area contributed by atoms with Crippen molar-refractivity contribution in [3.63, 3.8) is 0 Å². The third-order valence-corrected chi connectivity index (χ3v) is 0.886. The summed E-state index contributed by atoms with van der Waals surface area (Å²) in [7, 11) is 3.75. The van der Waals surface area contributed by atoms with E-state index < -0.39 is 0 Å². The Kier molecular flexibility index (Phi) is 6.45. The number of rotatable bonds is 1. The molecule has 1 rings (SSSR count). The van der Waals surface area contributed by atoms with Gasteiger partial charge in [-0.3, -0.25) is 4.79 Å². The van der Waals surface area contributed by atoms with Crippen LogP contribution in [0.1, 0.15) is 6.92 Å². The molecular formula is C9H14N2O2. The van der Waals surface area contributed by atoms with Gasteiger partial charge in [0.15, 0.2) is 0 Å². The first-order chi connectivity index (χ1) is 6.20. The minimum absolute atomic E-state index is 0.343. The van der Waals surface area contributed by atoms with Crippen molar-refractivity contribution in [3.8, 4) is 5.88 Å². The van der Waals surface area contributed by atoms with Crippen LogP contribution in [0.25, 0.3) is 0 Å². The number of ether oxygens (including phenoxy) is 1. The van der Waals surface area contributed by atoms with Crippen LogP contribution in [0.2, 0.25) is 0 Å². The highest BCUT2D eigenvalue weighted by Gasteiger charge is 1.94. The van der Waals surface area contributed by atoms with Crippen LogP contribution < -0.4 is 10.1 Å². The number of nitrogens with zero attached hydrogens (tertiary/aromatic N) is 1. The molecule has 13 heavy (non-hydrogen) atoms. The van der Waals surface area contributed by atoms with Crippen LogP contribution in [-0.2, 0) is 4.79 Å². The van der Waals surface area contributed by atoms with E-state index >= 15 is 0 Å². The molecule has 0 spiro atoms. The van der Waals surface area contributed by atoms with Crippen LogP contribution >= 0.6 is 0 Å². The van der Waals surface area contributed by atoms with Gasteiger partial charge in [-0.15, -0.1) is 0 Å². The lowest BCUT2D eigenvalue weighted by molar-refractivity contribution is -0.132. The number of nitrogens with one attached hydrogen (secondary N) is 1. The zero-order chi connectivity index (χ0) is 10.1. The number of carbonyl (C=O) groups is 1. The topological polar surface area (TPSA) is 51.2 Å². The maximum atomic E-state index is 10.4. The molecule has 0 aromatic carbocycles. The average molecular weight is 182 g/mol. The van der Waals surface area contributed by atoms with Crippen LogP contribution in [0.5, 0.6) is 5.88 Å². The van der Waals surface area contributed by atoms with E-state index in [-0.39, 0.29) is 5.97 Å². The first kappa shape index (κ1) is 11.6. The summed E-state index contributed by atoms with van der Waals surface area (Å²) >= 11 is 0. The Labute approximate surface area is 77.9 Å². The van der Waals surface area contributed by atoms with Gasteiger partial charge in [0.1, 0.15) is 0 Å². The minimum Gasteiger partial charge on any atom is -0.408 e. The zero-order valence-electron chi connectivity index (χ0n) is 8.07. The van der Waals surface area contributed by atoms with Gasteiger partial charge in [0.2, 0.25) is 5.88 Å².